The summed E-state index contributed by atoms with van der Waals surface area (Å²) in [6.07, 6.45) is 1.32. The highest BCUT2D eigenvalue weighted by Crippen LogP contribution is 2.30. The molecular formula is C21H14BrClN2O4. The molecule has 0 bridgehead atoms. The molecule has 29 heavy (non-hydrogen) atoms. The van der Waals surface area contributed by atoms with E-state index in [9.17, 15) is 20.0 Å². The van der Waals surface area contributed by atoms with Crippen LogP contribution in [0.3, 0.4) is 0 Å². The summed E-state index contributed by atoms with van der Waals surface area (Å²) >= 11 is 9.40. The van der Waals surface area contributed by atoms with E-state index in [1.54, 1.807) is 25.1 Å². The molecule has 146 valence electrons. The Hall–Kier alpha value is -3.08. The van der Waals surface area contributed by atoms with E-state index in [0.717, 1.165) is 0 Å². The standard InChI is InChI=1S/C21H14BrClN2O4/c1-11-5-17(19(29-2)8-16(11)23)25-10-13(6-12(9-24)21(25)28)20(27)15-7-14(22)3-4-18(15)26/h3-8,10,26H,1-2H3. The van der Waals surface area contributed by atoms with Gasteiger partial charge in [0.1, 0.15) is 23.1 Å². The number of hydrogen-bond acceptors (Lipinski definition) is 5. The van der Waals surface area contributed by atoms with E-state index in [1.165, 1.54) is 36.1 Å². The summed E-state index contributed by atoms with van der Waals surface area (Å²) in [5, 5.41) is 19.9. The third-order valence-electron chi connectivity index (χ3n) is 4.32. The van der Waals surface area contributed by atoms with Crippen LogP contribution in [0.5, 0.6) is 11.5 Å². The molecule has 0 aliphatic carbocycles. The number of methoxy groups -OCH3 is 1. The zero-order chi connectivity index (χ0) is 21.3. The number of ether oxygens (including phenoxy) is 1. The molecule has 8 heteroatoms. The Labute approximate surface area is 179 Å². The van der Waals surface area contributed by atoms with E-state index < -0.39 is 11.3 Å². The van der Waals surface area contributed by atoms with Gasteiger partial charge in [0.2, 0.25) is 0 Å². The summed E-state index contributed by atoms with van der Waals surface area (Å²) in [5.74, 6) is -0.449. The van der Waals surface area contributed by atoms with Crippen molar-refractivity contribution in [3.8, 4) is 23.3 Å². The number of rotatable bonds is 4. The molecule has 0 unspecified atom stereocenters. The molecule has 1 heterocycles. The molecule has 3 aromatic rings. The number of aromatic hydroxyl groups is 1. The minimum Gasteiger partial charge on any atom is -0.507 e. The van der Waals surface area contributed by atoms with Crippen molar-refractivity contribution in [3.05, 3.63) is 84.7 Å². The van der Waals surface area contributed by atoms with Crippen molar-refractivity contribution in [1.82, 2.24) is 4.57 Å². The van der Waals surface area contributed by atoms with Crippen LogP contribution in [0.4, 0.5) is 0 Å². The molecule has 1 N–H and O–H groups in total. The smallest absolute Gasteiger partial charge is 0.273 e. The average Bonchev–Trinajstić information content (AvgIpc) is 2.71. The van der Waals surface area contributed by atoms with Gasteiger partial charge in [-0.05, 0) is 42.8 Å². The maximum absolute atomic E-state index is 13.0. The first-order valence-corrected chi connectivity index (χ1v) is 9.48. The van der Waals surface area contributed by atoms with Crippen molar-refractivity contribution in [2.75, 3.05) is 7.11 Å². The van der Waals surface area contributed by atoms with Gasteiger partial charge in [-0.3, -0.25) is 14.2 Å². The largest absolute Gasteiger partial charge is 0.507 e. The van der Waals surface area contributed by atoms with Gasteiger partial charge in [0.05, 0.1) is 18.4 Å². The summed E-state index contributed by atoms with van der Waals surface area (Å²) in [6, 6.07) is 10.6. The zero-order valence-corrected chi connectivity index (χ0v) is 17.7. The molecule has 0 saturated heterocycles. The Kier molecular flexibility index (Phi) is 5.78. The summed E-state index contributed by atoms with van der Waals surface area (Å²) < 4.78 is 7.09. The van der Waals surface area contributed by atoms with E-state index in [1.807, 2.05) is 6.07 Å². The SMILES string of the molecule is COc1cc(Cl)c(C)cc1-n1cc(C(=O)c2cc(Br)ccc2O)cc(C#N)c1=O. The van der Waals surface area contributed by atoms with Crippen LogP contribution in [-0.2, 0) is 0 Å². The first kappa shape index (κ1) is 20.6. The second kappa shape index (κ2) is 8.11. The topological polar surface area (TPSA) is 92.3 Å². The average molecular weight is 474 g/mol. The Balaban J connectivity index is 2.28. The predicted molar refractivity (Wildman–Crippen MR) is 112 cm³/mol. The summed E-state index contributed by atoms with van der Waals surface area (Å²) in [5.41, 5.74) is 0.290. The lowest BCUT2D eigenvalue weighted by molar-refractivity contribution is 0.103. The van der Waals surface area contributed by atoms with Gasteiger partial charge in [-0.2, -0.15) is 5.26 Å². The highest BCUT2D eigenvalue weighted by molar-refractivity contribution is 9.10. The normalized spacial score (nSPS) is 10.4. The van der Waals surface area contributed by atoms with Crippen LogP contribution in [0.2, 0.25) is 5.02 Å². The van der Waals surface area contributed by atoms with Crippen molar-refractivity contribution in [2.45, 2.75) is 6.92 Å². The third kappa shape index (κ3) is 3.90. The predicted octanol–water partition coefficient (Wildman–Crippen LogP) is 4.38. The Morgan fingerprint density at radius 2 is 2.00 bits per heavy atom. The fourth-order valence-electron chi connectivity index (χ4n) is 2.81. The number of nitriles is 1. The van der Waals surface area contributed by atoms with Gasteiger partial charge in [-0.1, -0.05) is 27.5 Å². The molecule has 0 amide bonds. The number of phenolic OH excluding ortho intramolecular Hbond substituents is 1. The van der Waals surface area contributed by atoms with Gasteiger partial charge < -0.3 is 9.84 Å². The number of carbonyl (C=O) groups excluding carboxylic acids is 1. The quantitative estimate of drug-likeness (QED) is 0.568. The number of halogens is 2. The molecule has 0 aliphatic rings. The Bertz CT molecular complexity index is 1240. The monoisotopic (exact) mass is 472 g/mol. The highest BCUT2D eigenvalue weighted by Gasteiger charge is 2.20. The lowest BCUT2D eigenvalue weighted by Crippen LogP contribution is -2.23. The lowest BCUT2D eigenvalue weighted by Gasteiger charge is -2.15. The first-order valence-electron chi connectivity index (χ1n) is 8.31. The van der Waals surface area contributed by atoms with Gasteiger partial charge in [0, 0.05) is 27.3 Å². The molecule has 0 atom stereocenters. The third-order valence-corrected chi connectivity index (χ3v) is 5.22. The van der Waals surface area contributed by atoms with Gasteiger partial charge in [0.15, 0.2) is 5.78 Å². The van der Waals surface area contributed by atoms with Crippen LogP contribution in [-0.4, -0.2) is 22.6 Å². The van der Waals surface area contributed by atoms with E-state index in [4.69, 9.17) is 16.3 Å². The molecular weight excluding hydrogens is 460 g/mol. The van der Waals surface area contributed by atoms with Crippen LogP contribution in [0.25, 0.3) is 5.69 Å². The number of pyridine rings is 1. The number of benzene rings is 2. The second-order valence-corrected chi connectivity index (χ2v) is 7.52. The molecule has 1 aromatic heterocycles. The van der Waals surface area contributed by atoms with Gasteiger partial charge in [-0.15, -0.1) is 0 Å². The molecule has 0 spiro atoms. The zero-order valence-electron chi connectivity index (χ0n) is 15.4. The van der Waals surface area contributed by atoms with Crippen LogP contribution in [0, 0.1) is 18.3 Å². The number of carbonyl (C=O) groups is 1. The minimum atomic E-state index is -0.609. The summed E-state index contributed by atoms with van der Waals surface area (Å²) in [4.78, 5) is 25.8. The summed E-state index contributed by atoms with van der Waals surface area (Å²) in [7, 11) is 1.43. The van der Waals surface area contributed by atoms with E-state index in [0.29, 0.717) is 26.5 Å². The van der Waals surface area contributed by atoms with Crippen LogP contribution in [0.1, 0.15) is 27.0 Å². The molecule has 0 fully saturated rings. The van der Waals surface area contributed by atoms with Crippen LogP contribution < -0.4 is 10.3 Å². The van der Waals surface area contributed by atoms with Gasteiger partial charge in [0.25, 0.3) is 5.56 Å². The van der Waals surface area contributed by atoms with E-state index in [2.05, 4.69) is 15.9 Å². The molecule has 6 nitrogen and oxygen atoms in total. The van der Waals surface area contributed by atoms with Gasteiger partial charge in [-0.25, -0.2) is 0 Å². The molecule has 0 radical (unpaired) electrons. The summed E-state index contributed by atoms with van der Waals surface area (Å²) in [6.45, 7) is 1.76. The Morgan fingerprint density at radius 1 is 1.28 bits per heavy atom. The van der Waals surface area contributed by atoms with E-state index >= 15 is 0 Å². The van der Waals surface area contributed by atoms with Crippen LogP contribution >= 0.6 is 27.5 Å². The molecule has 2 aromatic carbocycles. The van der Waals surface area contributed by atoms with E-state index in [-0.39, 0.29) is 22.4 Å². The van der Waals surface area contributed by atoms with Crippen molar-refractivity contribution < 1.29 is 14.6 Å². The highest BCUT2D eigenvalue weighted by atomic mass is 79.9. The van der Waals surface area contributed by atoms with Crippen molar-refractivity contribution in [2.24, 2.45) is 0 Å². The Morgan fingerprint density at radius 3 is 2.66 bits per heavy atom. The fourth-order valence-corrected chi connectivity index (χ4v) is 3.33. The fraction of sp³-hybridized carbons (Fsp3) is 0.0952. The van der Waals surface area contributed by atoms with Crippen molar-refractivity contribution in [1.29, 1.82) is 5.26 Å². The number of nitrogens with zero attached hydrogens (tertiary/aromatic N) is 2. The number of aryl methyl sites for hydroxylation is 1. The number of ketones is 1. The molecule has 3 rings (SSSR count). The second-order valence-electron chi connectivity index (χ2n) is 6.19. The maximum atomic E-state index is 13.0. The number of aromatic nitrogens is 1. The number of phenols is 1. The minimum absolute atomic E-state index is 0.0349. The number of hydrogen-bond donors (Lipinski definition) is 1. The van der Waals surface area contributed by atoms with Crippen molar-refractivity contribution in [3.63, 3.8) is 0 Å². The molecule has 0 aliphatic heterocycles. The maximum Gasteiger partial charge on any atom is 0.273 e. The molecule has 0 saturated carbocycles. The van der Waals surface area contributed by atoms with Gasteiger partial charge >= 0.3 is 0 Å². The first-order chi connectivity index (χ1) is 13.8. The lowest BCUT2D eigenvalue weighted by atomic mass is 10.0. The van der Waals surface area contributed by atoms with Crippen LogP contribution in [0.15, 0.2) is 51.9 Å². The van der Waals surface area contributed by atoms with Crippen molar-refractivity contribution >= 4 is 33.3 Å².